The largest absolute Gasteiger partial charge is 0.393 e. The van der Waals surface area contributed by atoms with Gasteiger partial charge in [-0.05, 0) is 201 Å². The molecule has 0 amide bonds. The predicted molar refractivity (Wildman–Crippen MR) is 252 cm³/mol. The summed E-state index contributed by atoms with van der Waals surface area (Å²) < 4.78 is 0. The average Bonchev–Trinajstić information content (AvgIpc) is 3.67. The van der Waals surface area contributed by atoms with E-state index in [9.17, 15) is 65.8 Å². The maximum atomic E-state index is 13.2. The second kappa shape index (κ2) is 17.6. The maximum absolute atomic E-state index is 13.2. The SMILES string of the molecule is CC(C)(O)CC[C@@H](O)[C@](C)(O)[C@H]1CC[C@@]2(O)C3=CC(=O)[C@@H]4C[C@@H](O)[C@@H](O)C[C@]4(C)[C@H]3CC[C@]12C.C[C@H]([C@H](O)CCC(C)(C)O)[C@H]1CC[C@@]2(O)C3=CC(=O)[C@@H]4C[C@@H](O)[C@@H](O)C[C@]4(C)[C@H]3CC[C@]12C. The minimum atomic E-state index is -1.46. The first-order chi connectivity index (χ1) is 30.6. The molecule has 0 unspecified atom stereocenters. The molecule has 6 saturated carbocycles. The van der Waals surface area contributed by atoms with Crippen molar-refractivity contribution in [3.8, 4) is 0 Å². The zero-order valence-corrected chi connectivity index (χ0v) is 42.2. The lowest BCUT2D eigenvalue weighted by Gasteiger charge is -2.60. The first-order valence-electron chi connectivity index (χ1n) is 25.8. The minimum Gasteiger partial charge on any atom is -0.393 e. The molecule has 13 nitrogen and oxygen atoms in total. The van der Waals surface area contributed by atoms with Crippen LogP contribution in [0.4, 0.5) is 0 Å². The van der Waals surface area contributed by atoms with Gasteiger partial charge < -0.3 is 56.2 Å². The molecule has 0 aromatic heterocycles. The summed E-state index contributed by atoms with van der Waals surface area (Å²) in [6, 6.07) is 0. The highest BCUT2D eigenvalue weighted by Gasteiger charge is 2.70. The topological polar surface area (TPSA) is 257 Å². The number of allylic oxidation sites excluding steroid dienone is 2. The van der Waals surface area contributed by atoms with Crippen molar-refractivity contribution in [3.63, 3.8) is 0 Å². The van der Waals surface area contributed by atoms with E-state index < -0.39 is 86.3 Å². The molecule has 20 atom stereocenters. The van der Waals surface area contributed by atoms with Crippen LogP contribution in [-0.2, 0) is 9.59 Å². The summed E-state index contributed by atoms with van der Waals surface area (Å²) in [6.45, 7) is 18.7. The van der Waals surface area contributed by atoms with E-state index in [4.69, 9.17) is 0 Å². The van der Waals surface area contributed by atoms with Crippen LogP contribution >= 0.6 is 0 Å². The van der Waals surface area contributed by atoms with Gasteiger partial charge in [0, 0.05) is 22.7 Å². The number of ketones is 2. The molecule has 13 heteroatoms. The van der Waals surface area contributed by atoms with Crippen LogP contribution in [-0.4, -0.2) is 132 Å². The molecule has 8 aliphatic rings. The number of hydrogen-bond donors (Lipinski definition) is 11. The van der Waals surface area contributed by atoms with Gasteiger partial charge in [0.05, 0.1) is 64.6 Å². The van der Waals surface area contributed by atoms with E-state index in [1.165, 1.54) is 0 Å². The number of aliphatic hydroxyl groups excluding tert-OH is 6. The monoisotopic (exact) mass is 945 g/mol. The third-order valence-electron chi connectivity index (χ3n) is 21.0. The van der Waals surface area contributed by atoms with Crippen molar-refractivity contribution in [3.05, 3.63) is 23.3 Å². The van der Waals surface area contributed by atoms with Gasteiger partial charge in [-0.15, -0.1) is 0 Å². The fourth-order valence-corrected chi connectivity index (χ4v) is 16.6. The summed E-state index contributed by atoms with van der Waals surface area (Å²) in [5.74, 6) is -1.21. The number of carbonyl (C=O) groups excluding carboxylic acids is 2. The van der Waals surface area contributed by atoms with Gasteiger partial charge in [-0.3, -0.25) is 9.59 Å². The normalized spacial score (nSPS) is 47.2. The fraction of sp³-hybridized carbons (Fsp3) is 0.889. The van der Waals surface area contributed by atoms with E-state index in [0.29, 0.717) is 69.8 Å². The Morgan fingerprint density at radius 1 is 0.597 bits per heavy atom. The minimum absolute atomic E-state index is 0.00888. The summed E-state index contributed by atoms with van der Waals surface area (Å²) in [5.41, 5.74) is -6.28. The summed E-state index contributed by atoms with van der Waals surface area (Å²) in [5, 5.41) is 119. The third-order valence-corrected chi connectivity index (χ3v) is 21.0. The lowest BCUT2D eigenvalue weighted by molar-refractivity contribution is -0.177. The van der Waals surface area contributed by atoms with Crippen molar-refractivity contribution >= 4 is 11.6 Å². The lowest BCUT2D eigenvalue weighted by Crippen LogP contribution is -2.62. The van der Waals surface area contributed by atoms with Gasteiger partial charge in [0.1, 0.15) is 0 Å². The average molecular weight is 945 g/mol. The van der Waals surface area contributed by atoms with Crippen LogP contribution in [0.5, 0.6) is 0 Å². The van der Waals surface area contributed by atoms with Crippen LogP contribution in [0.15, 0.2) is 23.3 Å². The molecule has 11 N–H and O–H groups in total. The highest BCUT2D eigenvalue weighted by molar-refractivity contribution is 5.95. The highest BCUT2D eigenvalue weighted by Crippen LogP contribution is 2.70. The van der Waals surface area contributed by atoms with Gasteiger partial charge in [-0.1, -0.05) is 34.6 Å². The van der Waals surface area contributed by atoms with Crippen molar-refractivity contribution in [2.45, 2.75) is 237 Å². The van der Waals surface area contributed by atoms with Crippen molar-refractivity contribution < 1.29 is 65.8 Å². The molecular weight excluding hydrogens is 857 g/mol. The van der Waals surface area contributed by atoms with E-state index in [-0.39, 0.29) is 72.3 Å². The molecule has 8 rings (SSSR count). The van der Waals surface area contributed by atoms with Gasteiger partial charge in [-0.25, -0.2) is 0 Å². The summed E-state index contributed by atoms with van der Waals surface area (Å²) in [6.07, 6.45) is 6.17. The molecule has 0 spiro atoms. The van der Waals surface area contributed by atoms with Crippen molar-refractivity contribution in [2.24, 2.45) is 63.1 Å². The quantitative estimate of drug-likeness (QED) is 0.144. The summed E-state index contributed by atoms with van der Waals surface area (Å²) in [7, 11) is 0. The number of carbonyl (C=O) groups is 2. The molecule has 0 aromatic rings. The Morgan fingerprint density at radius 2 is 1.01 bits per heavy atom. The Labute approximate surface area is 399 Å². The first-order valence-corrected chi connectivity index (χ1v) is 25.8. The first kappa shape index (κ1) is 53.2. The molecule has 0 radical (unpaired) electrons. The number of fused-ring (bicyclic) bond motifs is 10. The molecule has 67 heavy (non-hydrogen) atoms. The zero-order chi connectivity index (χ0) is 50.0. The Morgan fingerprint density at radius 3 is 1.48 bits per heavy atom. The van der Waals surface area contributed by atoms with E-state index in [2.05, 4.69) is 20.8 Å². The molecule has 0 aromatic carbocycles. The van der Waals surface area contributed by atoms with Gasteiger partial charge >= 0.3 is 0 Å². The second-order valence-electron chi connectivity index (χ2n) is 26.1. The number of hydrogen-bond acceptors (Lipinski definition) is 13. The number of rotatable bonds is 10. The molecule has 382 valence electrons. The number of aliphatic hydroxyl groups is 11. The fourth-order valence-electron chi connectivity index (χ4n) is 16.6. The van der Waals surface area contributed by atoms with Crippen molar-refractivity contribution in [1.82, 2.24) is 0 Å². The second-order valence-corrected chi connectivity index (χ2v) is 26.1. The van der Waals surface area contributed by atoms with Gasteiger partial charge in [-0.2, -0.15) is 0 Å². The highest BCUT2D eigenvalue weighted by atomic mass is 16.3. The standard InChI is InChI=1S/C27H44O7.C27H44O6/c1-23(2,32)9-8-22(31)26(5,33)21-7-11-27(34)16-12-18(28)17-13-19(29)20(30)14-24(17,3)15(16)6-10-25(21,27)4;1-15(20(28)8-9-24(2,3)32)16-7-11-27(33)18-12-21(29)19-13-22(30)23(31)14-25(19,4)17(18)6-10-26(16,27)5/h12,15,17,19-22,29-34H,6-11,13-14H2,1-5H3;12,15-17,19-20,22-23,28,30-33H,6-11,13-14H2,1-5H3/t15-,17-,19+,20-,21-,22+,24+,25+,26+,27+;15-,16+,17-,19-,20+,22+,23-,25+,26+,27+/m00/s1. The summed E-state index contributed by atoms with van der Waals surface area (Å²) >= 11 is 0. The molecule has 0 aliphatic heterocycles. The Hall–Kier alpha value is -1.62. The molecule has 8 aliphatic carbocycles. The van der Waals surface area contributed by atoms with Crippen molar-refractivity contribution in [1.29, 1.82) is 0 Å². The van der Waals surface area contributed by atoms with Crippen LogP contribution in [0.1, 0.15) is 172 Å². The molecular formula is C54H88O13. The Bertz CT molecular complexity index is 1950. The predicted octanol–water partition coefficient (Wildman–Crippen LogP) is 4.59. The third kappa shape index (κ3) is 8.63. The van der Waals surface area contributed by atoms with E-state index in [1.807, 2.05) is 13.8 Å². The van der Waals surface area contributed by atoms with Crippen molar-refractivity contribution in [2.75, 3.05) is 0 Å². The van der Waals surface area contributed by atoms with Gasteiger partial charge in [0.25, 0.3) is 0 Å². The van der Waals surface area contributed by atoms with Gasteiger partial charge in [0.2, 0.25) is 0 Å². The molecule has 0 heterocycles. The van der Waals surface area contributed by atoms with E-state index in [0.717, 1.165) is 24.8 Å². The van der Waals surface area contributed by atoms with E-state index in [1.54, 1.807) is 46.8 Å². The van der Waals surface area contributed by atoms with Crippen LogP contribution < -0.4 is 0 Å². The van der Waals surface area contributed by atoms with Gasteiger partial charge in [0.15, 0.2) is 11.6 Å². The van der Waals surface area contributed by atoms with Crippen LogP contribution in [0, 0.1) is 63.1 Å². The molecule has 0 saturated heterocycles. The maximum Gasteiger partial charge on any atom is 0.159 e. The van der Waals surface area contributed by atoms with E-state index >= 15 is 0 Å². The van der Waals surface area contributed by atoms with Crippen LogP contribution in [0.3, 0.4) is 0 Å². The zero-order valence-electron chi connectivity index (χ0n) is 42.2. The smallest absolute Gasteiger partial charge is 0.159 e. The summed E-state index contributed by atoms with van der Waals surface area (Å²) in [4.78, 5) is 26.5. The van der Waals surface area contributed by atoms with Crippen LogP contribution in [0.25, 0.3) is 0 Å². The lowest BCUT2D eigenvalue weighted by atomic mass is 9.45. The Kier molecular flexibility index (Phi) is 13.9. The Balaban J connectivity index is 0.000000199. The van der Waals surface area contributed by atoms with Crippen LogP contribution in [0.2, 0.25) is 0 Å². The molecule has 6 fully saturated rings. The molecule has 0 bridgehead atoms.